The van der Waals surface area contributed by atoms with E-state index in [2.05, 4.69) is 49.4 Å². The molecule has 0 aromatic carbocycles. The van der Waals surface area contributed by atoms with Crippen molar-refractivity contribution in [2.24, 2.45) is 13.0 Å². The van der Waals surface area contributed by atoms with Crippen LogP contribution in [0.5, 0.6) is 0 Å². The van der Waals surface area contributed by atoms with Crippen LogP contribution in [0.25, 0.3) is 0 Å². The lowest BCUT2D eigenvalue weighted by molar-refractivity contribution is 0.0974. The van der Waals surface area contributed by atoms with Crippen molar-refractivity contribution in [3.63, 3.8) is 0 Å². The van der Waals surface area contributed by atoms with Crippen LogP contribution in [0.3, 0.4) is 0 Å². The standard InChI is InChI=1S/C18H29N5O/c1-12(2)10-23-11-15(9-20-23)8-19-16-6-7-24-18(16)17-13(3)21-22(5)14(17)4/h9,11-12,16,18-19H,6-8,10H2,1-5H3/t16-,18-/m0/s1. The van der Waals surface area contributed by atoms with Crippen LogP contribution in [0, 0.1) is 19.8 Å². The molecule has 0 saturated carbocycles. The van der Waals surface area contributed by atoms with E-state index in [-0.39, 0.29) is 6.10 Å². The highest BCUT2D eigenvalue weighted by atomic mass is 16.5. The Morgan fingerprint density at radius 2 is 2.17 bits per heavy atom. The minimum Gasteiger partial charge on any atom is -0.372 e. The van der Waals surface area contributed by atoms with Crippen LogP contribution in [-0.4, -0.2) is 32.2 Å². The molecule has 1 N–H and O–H groups in total. The molecule has 6 nitrogen and oxygen atoms in total. The Kier molecular flexibility index (Phi) is 5.06. The van der Waals surface area contributed by atoms with Gasteiger partial charge in [-0.15, -0.1) is 0 Å². The van der Waals surface area contributed by atoms with Crippen molar-refractivity contribution in [2.75, 3.05) is 6.61 Å². The highest BCUT2D eigenvalue weighted by Gasteiger charge is 2.33. The fraction of sp³-hybridized carbons (Fsp3) is 0.667. The molecule has 0 bridgehead atoms. The van der Waals surface area contributed by atoms with Crippen molar-refractivity contribution in [1.82, 2.24) is 24.9 Å². The Bertz CT molecular complexity index is 688. The number of aryl methyl sites for hydroxylation is 2. The number of ether oxygens (including phenoxy) is 1. The monoisotopic (exact) mass is 331 g/mol. The minimum absolute atomic E-state index is 0.0874. The summed E-state index contributed by atoms with van der Waals surface area (Å²) < 4.78 is 10.0. The number of nitrogens with zero attached hydrogens (tertiary/aromatic N) is 4. The summed E-state index contributed by atoms with van der Waals surface area (Å²) in [5, 5.41) is 12.6. The van der Waals surface area contributed by atoms with E-state index in [1.54, 1.807) is 0 Å². The molecule has 2 atom stereocenters. The van der Waals surface area contributed by atoms with Gasteiger partial charge in [-0.25, -0.2) is 0 Å². The van der Waals surface area contributed by atoms with Crippen LogP contribution < -0.4 is 5.32 Å². The topological polar surface area (TPSA) is 56.9 Å². The van der Waals surface area contributed by atoms with E-state index < -0.39 is 0 Å². The fourth-order valence-electron chi connectivity index (χ4n) is 3.51. The molecular formula is C18H29N5O. The second-order valence-electron chi connectivity index (χ2n) is 7.24. The van der Waals surface area contributed by atoms with Crippen molar-refractivity contribution < 1.29 is 4.74 Å². The van der Waals surface area contributed by atoms with E-state index in [1.807, 2.05) is 22.6 Å². The molecule has 24 heavy (non-hydrogen) atoms. The van der Waals surface area contributed by atoms with E-state index in [0.717, 1.165) is 31.8 Å². The summed E-state index contributed by atoms with van der Waals surface area (Å²) in [6.45, 7) is 11.2. The molecule has 0 unspecified atom stereocenters. The third kappa shape index (κ3) is 3.54. The van der Waals surface area contributed by atoms with Crippen LogP contribution in [0.2, 0.25) is 0 Å². The van der Waals surface area contributed by atoms with E-state index in [0.29, 0.717) is 12.0 Å². The highest BCUT2D eigenvalue weighted by molar-refractivity contribution is 5.29. The summed E-state index contributed by atoms with van der Waals surface area (Å²) >= 11 is 0. The van der Waals surface area contributed by atoms with Crippen molar-refractivity contribution in [2.45, 2.75) is 59.4 Å². The quantitative estimate of drug-likeness (QED) is 0.884. The van der Waals surface area contributed by atoms with E-state index in [1.165, 1.54) is 16.8 Å². The van der Waals surface area contributed by atoms with Gasteiger partial charge in [0.05, 0.1) is 11.9 Å². The third-order valence-electron chi connectivity index (χ3n) is 4.75. The molecular weight excluding hydrogens is 302 g/mol. The number of nitrogens with one attached hydrogen (secondary N) is 1. The first-order chi connectivity index (χ1) is 11.5. The average Bonchev–Trinajstić information content (AvgIpc) is 3.18. The van der Waals surface area contributed by atoms with Crippen LogP contribution >= 0.6 is 0 Å². The van der Waals surface area contributed by atoms with Crippen molar-refractivity contribution in [3.8, 4) is 0 Å². The maximum atomic E-state index is 6.04. The van der Waals surface area contributed by atoms with Gasteiger partial charge in [-0.05, 0) is 26.2 Å². The smallest absolute Gasteiger partial charge is 0.101 e. The van der Waals surface area contributed by atoms with Gasteiger partial charge < -0.3 is 10.1 Å². The molecule has 0 spiro atoms. The van der Waals surface area contributed by atoms with Gasteiger partial charge in [0.15, 0.2) is 0 Å². The summed E-state index contributed by atoms with van der Waals surface area (Å²) in [5.41, 5.74) is 4.72. The second kappa shape index (κ2) is 7.07. The SMILES string of the molecule is Cc1nn(C)c(C)c1[C@H]1OCC[C@@H]1NCc1cnn(CC(C)C)c1. The fourth-order valence-corrected chi connectivity index (χ4v) is 3.51. The summed E-state index contributed by atoms with van der Waals surface area (Å²) in [6.07, 6.45) is 5.21. The van der Waals surface area contributed by atoms with Gasteiger partial charge in [0.25, 0.3) is 0 Å². The van der Waals surface area contributed by atoms with Gasteiger partial charge in [0, 0.05) is 55.8 Å². The minimum atomic E-state index is 0.0874. The number of hydrogen-bond donors (Lipinski definition) is 1. The molecule has 3 rings (SSSR count). The highest BCUT2D eigenvalue weighted by Crippen LogP contribution is 2.33. The largest absolute Gasteiger partial charge is 0.372 e. The summed E-state index contributed by atoms with van der Waals surface area (Å²) in [7, 11) is 1.99. The molecule has 0 amide bonds. The second-order valence-corrected chi connectivity index (χ2v) is 7.24. The van der Waals surface area contributed by atoms with Gasteiger partial charge in [-0.1, -0.05) is 13.8 Å². The van der Waals surface area contributed by atoms with Crippen LogP contribution in [0.1, 0.15) is 48.9 Å². The molecule has 2 aromatic rings. The summed E-state index contributed by atoms with van der Waals surface area (Å²) in [6, 6.07) is 0.319. The zero-order chi connectivity index (χ0) is 17.3. The molecule has 1 fully saturated rings. The van der Waals surface area contributed by atoms with Crippen molar-refractivity contribution in [1.29, 1.82) is 0 Å². The van der Waals surface area contributed by atoms with Gasteiger partial charge in [0.2, 0.25) is 0 Å². The maximum Gasteiger partial charge on any atom is 0.101 e. The lowest BCUT2D eigenvalue weighted by Gasteiger charge is -2.20. The summed E-state index contributed by atoms with van der Waals surface area (Å²) in [4.78, 5) is 0. The number of hydrogen-bond acceptors (Lipinski definition) is 4. The molecule has 3 heterocycles. The van der Waals surface area contributed by atoms with Crippen LogP contribution in [0.15, 0.2) is 12.4 Å². The Hall–Kier alpha value is -1.66. The Morgan fingerprint density at radius 3 is 2.83 bits per heavy atom. The molecule has 1 saturated heterocycles. The van der Waals surface area contributed by atoms with Gasteiger partial charge >= 0.3 is 0 Å². The average molecular weight is 331 g/mol. The van der Waals surface area contributed by atoms with Gasteiger partial charge in [-0.2, -0.15) is 10.2 Å². The number of aromatic nitrogens is 4. The normalized spacial score (nSPS) is 21.1. The molecule has 6 heteroatoms. The van der Waals surface area contributed by atoms with Crippen molar-refractivity contribution in [3.05, 3.63) is 34.9 Å². The van der Waals surface area contributed by atoms with Gasteiger partial charge in [-0.3, -0.25) is 9.36 Å². The summed E-state index contributed by atoms with van der Waals surface area (Å²) in [5.74, 6) is 0.606. The zero-order valence-electron chi connectivity index (χ0n) is 15.4. The Morgan fingerprint density at radius 1 is 1.38 bits per heavy atom. The first kappa shape index (κ1) is 17.2. The van der Waals surface area contributed by atoms with E-state index in [9.17, 15) is 0 Å². The Labute approximate surface area is 144 Å². The van der Waals surface area contributed by atoms with Crippen molar-refractivity contribution >= 4 is 0 Å². The molecule has 2 aromatic heterocycles. The maximum absolute atomic E-state index is 6.04. The van der Waals surface area contributed by atoms with E-state index >= 15 is 0 Å². The predicted octanol–water partition coefficient (Wildman–Crippen LogP) is 2.51. The molecule has 1 aliphatic heterocycles. The van der Waals surface area contributed by atoms with Gasteiger partial charge in [0.1, 0.15) is 6.10 Å². The lowest BCUT2D eigenvalue weighted by atomic mass is 10.00. The van der Waals surface area contributed by atoms with E-state index in [4.69, 9.17) is 4.74 Å². The van der Waals surface area contributed by atoms with Crippen LogP contribution in [-0.2, 0) is 24.9 Å². The zero-order valence-corrected chi connectivity index (χ0v) is 15.4. The van der Waals surface area contributed by atoms with Crippen LogP contribution in [0.4, 0.5) is 0 Å². The lowest BCUT2D eigenvalue weighted by Crippen LogP contribution is -2.31. The molecule has 132 valence electrons. The Balaban J connectivity index is 1.65. The molecule has 1 aliphatic rings. The first-order valence-electron chi connectivity index (χ1n) is 8.82. The molecule has 0 radical (unpaired) electrons. The number of rotatable bonds is 6. The third-order valence-corrected chi connectivity index (χ3v) is 4.75. The molecule has 0 aliphatic carbocycles. The first-order valence-corrected chi connectivity index (χ1v) is 8.82. The predicted molar refractivity (Wildman–Crippen MR) is 93.7 cm³/mol.